The summed E-state index contributed by atoms with van der Waals surface area (Å²) in [5.74, 6) is 0.832. The Hall–Kier alpha value is -1.46. The van der Waals surface area contributed by atoms with E-state index in [1.165, 1.54) is 7.11 Å². The summed E-state index contributed by atoms with van der Waals surface area (Å²) in [6, 6.07) is 5.00. The SMILES string of the molecule is COCC(Cl)CNC(=O)c1ccc(OC)cc1OC. The molecule has 1 aromatic carbocycles. The molecule has 0 aliphatic carbocycles. The molecule has 0 spiro atoms. The van der Waals surface area contributed by atoms with Crippen LogP contribution in [0.2, 0.25) is 0 Å². The highest BCUT2D eigenvalue weighted by Gasteiger charge is 2.14. The third kappa shape index (κ3) is 4.61. The van der Waals surface area contributed by atoms with Gasteiger partial charge < -0.3 is 19.5 Å². The third-order valence-electron chi connectivity index (χ3n) is 2.48. The highest BCUT2D eigenvalue weighted by atomic mass is 35.5. The molecule has 0 saturated carbocycles. The molecular weight excluding hydrogens is 270 g/mol. The molecule has 1 rings (SSSR count). The number of ether oxygens (including phenoxy) is 3. The first-order chi connectivity index (χ1) is 9.12. The minimum absolute atomic E-state index is 0.249. The van der Waals surface area contributed by atoms with E-state index in [0.29, 0.717) is 30.2 Å². The maximum atomic E-state index is 12.0. The number of hydrogen-bond acceptors (Lipinski definition) is 4. The Morgan fingerprint density at radius 3 is 2.63 bits per heavy atom. The maximum absolute atomic E-state index is 12.0. The predicted molar refractivity (Wildman–Crippen MR) is 73.4 cm³/mol. The molecule has 19 heavy (non-hydrogen) atoms. The van der Waals surface area contributed by atoms with Gasteiger partial charge in [0, 0.05) is 19.7 Å². The number of carbonyl (C=O) groups is 1. The fourth-order valence-electron chi connectivity index (χ4n) is 1.52. The highest BCUT2D eigenvalue weighted by Crippen LogP contribution is 2.24. The van der Waals surface area contributed by atoms with Crippen molar-refractivity contribution < 1.29 is 19.0 Å². The molecular formula is C13H18ClNO4. The van der Waals surface area contributed by atoms with Crippen LogP contribution in [0.3, 0.4) is 0 Å². The van der Waals surface area contributed by atoms with Gasteiger partial charge in [0.05, 0.1) is 31.8 Å². The van der Waals surface area contributed by atoms with Gasteiger partial charge in [-0.25, -0.2) is 0 Å². The fraction of sp³-hybridized carbons (Fsp3) is 0.462. The average Bonchev–Trinajstić information content (AvgIpc) is 2.44. The molecule has 0 aromatic heterocycles. The van der Waals surface area contributed by atoms with Gasteiger partial charge in [-0.2, -0.15) is 0 Å². The zero-order chi connectivity index (χ0) is 14.3. The van der Waals surface area contributed by atoms with Gasteiger partial charge in [0.2, 0.25) is 0 Å². The Morgan fingerprint density at radius 1 is 1.32 bits per heavy atom. The molecule has 0 aliphatic rings. The van der Waals surface area contributed by atoms with E-state index in [-0.39, 0.29) is 11.3 Å². The number of amides is 1. The second-order valence-corrected chi connectivity index (χ2v) is 4.45. The van der Waals surface area contributed by atoms with Crippen molar-refractivity contribution in [2.75, 3.05) is 34.5 Å². The lowest BCUT2D eigenvalue weighted by Crippen LogP contribution is -2.31. The zero-order valence-electron chi connectivity index (χ0n) is 11.2. The Balaban J connectivity index is 2.71. The van der Waals surface area contributed by atoms with Crippen LogP contribution in [-0.2, 0) is 4.74 Å². The number of alkyl halides is 1. The summed E-state index contributed by atoms with van der Waals surface area (Å²) in [6.45, 7) is 0.699. The molecule has 0 fully saturated rings. The summed E-state index contributed by atoms with van der Waals surface area (Å²) in [4.78, 5) is 12.0. The van der Waals surface area contributed by atoms with Crippen LogP contribution in [0.5, 0.6) is 11.5 Å². The van der Waals surface area contributed by atoms with Crippen molar-refractivity contribution in [3.8, 4) is 11.5 Å². The van der Waals surface area contributed by atoms with Crippen LogP contribution >= 0.6 is 11.6 Å². The minimum atomic E-state index is -0.266. The van der Waals surface area contributed by atoms with Crippen molar-refractivity contribution >= 4 is 17.5 Å². The standard InChI is InChI=1S/C13H18ClNO4/c1-17-8-9(14)7-15-13(16)11-5-4-10(18-2)6-12(11)19-3/h4-6,9H,7-8H2,1-3H3,(H,15,16). The lowest BCUT2D eigenvalue weighted by atomic mass is 10.1. The quantitative estimate of drug-likeness (QED) is 0.776. The Kier molecular flexibility index (Phi) is 6.45. The topological polar surface area (TPSA) is 56.8 Å². The van der Waals surface area contributed by atoms with Gasteiger partial charge in [0.1, 0.15) is 11.5 Å². The largest absolute Gasteiger partial charge is 0.497 e. The van der Waals surface area contributed by atoms with Crippen molar-refractivity contribution in [2.45, 2.75) is 5.38 Å². The van der Waals surface area contributed by atoms with E-state index in [1.54, 1.807) is 32.4 Å². The lowest BCUT2D eigenvalue weighted by molar-refractivity contribution is 0.0946. The molecule has 1 unspecified atom stereocenters. The summed E-state index contributed by atoms with van der Waals surface area (Å²) in [5.41, 5.74) is 0.435. The first-order valence-electron chi connectivity index (χ1n) is 5.75. The lowest BCUT2D eigenvalue weighted by Gasteiger charge is -2.12. The molecule has 0 saturated heterocycles. The number of hydrogen-bond donors (Lipinski definition) is 1. The van der Waals surface area contributed by atoms with Crippen LogP contribution in [0.1, 0.15) is 10.4 Å². The molecule has 1 N–H and O–H groups in total. The van der Waals surface area contributed by atoms with Crippen LogP contribution in [0, 0.1) is 0 Å². The molecule has 1 aromatic rings. The van der Waals surface area contributed by atoms with Gasteiger partial charge in [0.15, 0.2) is 0 Å². The summed E-state index contributed by atoms with van der Waals surface area (Å²) >= 11 is 5.94. The number of methoxy groups -OCH3 is 3. The monoisotopic (exact) mass is 287 g/mol. The van der Waals surface area contributed by atoms with Crippen molar-refractivity contribution in [3.63, 3.8) is 0 Å². The normalized spacial score (nSPS) is 11.8. The van der Waals surface area contributed by atoms with E-state index in [1.807, 2.05) is 0 Å². The molecule has 0 aliphatic heterocycles. The summed E-state index contributed by atoms with van der Waals surface area (Å²) < 4.78 is 15.1. The Morgan fingerprint density at radius 2 is 2.05 bits per heavy atom. The molecule has 106 valence electrons. The van der Waals surface area contributed by atoms with E-state index in [4.69, 9.17) is 25.8 Å². The van der Waals surface area contributed by atoms with Gasteiger partial charge in [-0.1, -0.05) is 0 Å². The van der Waals surface area contributed by atoms with Crippen LogP contribution in [-0.4, -0.2) is 45.8 Å². The first kappa shape index (κ1) is 15.6. The van der Waals surface area contributed by atoms with E-state index < -0.39 is 0 Å². The van der Waals surface area contributed by atoms with Crippen molar-refractivity contribution in [1.82, 2.24) is 5.32 Å². The molecule has 0 radical (unpaired) electrons. The summed E-state index contributed by atoms with van der Waals surface area (Å²) in [7, 11) is 4.61. The van der Waals surface area contributed by atoms with Gasteiger partial charge in [0.25, 0.3) is 5.91 Å². The molecule has 1 atom stereocenters. The minimum Gasteiger partial charge on any atom is -0.497 e. The zero-order valence-corrected chi connectivity index (χ0v) is 12.0. The second kappa shape index (κ2) is 7.86. The van der Waals surface area contributed by atoms with Crippen LogP contribution in [0.4, 0.5) is 0 Å². The van der Waals surface area contributed by atoms with Crippen molar-refractivity contribution in [1.29, 1.82) is 0 Å². The van der Waals surface area contributed by atoms with Gasteiger partial charge in [-0.15, -0.1) is 11.6 Å². The summed E-state index contributed by atoms with van der Waals surface area (Å²) in [6.07, 6.45) is 0. The Bertz CT molecular complexity index is 425. The van der Waals surface area contributed by atoms with E-state index in [9.17, 15) is 4.79 Å². The molecule has 6 heteroatoms. The van der Waals surface area contributed by atoms with E-state index >= 15 is 0 Å². The van der Waals surface area contributed by atoms with Crippen LogP contribution < -0.4 is 14.8 Å². The van der Waals surface area contributed by atoms with Crippen LogP contribution in [0.15, 0.2) is 18.2 Å². The average molecular weight is 288 g/mol. The second-order valence-electron chi connectivity index (χ2n) is 3.83. The summed E-state index contributed by atoms with van der Waals surface area (Å²) in [5, 5.41) is 2.46. The van der Waals surface area contributed by atoms with Crippen molar-refractivity contribution in [2.24, 2.45) is 0 Å². The van der Waals surface area contributed by atoms with E-state index in [0.717, 1.165) is 0 Å². The number of nitrogens with one attached hydrogen (secondary N) is 1. The number of halogens is 1. The van der Waals surface area contributed by atoms with Gasteiger partial charge in [-0.05, 0) is 12.1 Å². The number of rotatable bonds is 7. The van der Waals surface area contributed by atoms with Gasteiger partial charge in [-0.3, -0.25) is 4.79 Å². The molecule has 0 bridgehead atoms. The number of carbonyl (C=O) groups excluding carboxylic acids is 1. The molecule has 5 nitrogen and oxygen atoms in total. The third-order valence-corrected chi connectivity index (χ3v) is 2.77. The van der Waals surface area contributed by atoms with Crippen molar-refractivity contribution in [3.05, 3.63) is 23.8 Å². The maximum Gasteiger partial charge on any atom is 0.255 e. The van der Waals surface area contributed by atoms with Gasteiger partial charge >= 0.3 is 0 Å². The van der Waals surface area contributed by atoms with E-state index in [2.05, 4.69) is 5.32 Å². The Labute approximate surface area is 117 Å². The smallest absolute Gasteiger partial charge is 0.255 e. The predicted octanol–water partition coefficient (Wildman–Crippen LogP) is 1.69. The van der Waals surface area contributed by atoms with Crippen LogP contribution in [0.25, 0.3) is 0 Å². The highest BCUT2D eigenvalue weighted by molar-refractivity contribution is 6.21. The first-order valence-corrected chi connectivity index (χ1v) is 6.19. The molecule has 1 amide bonds. The number of benzene rings is 1. The molecule has 0 heterocycles. The fourth-order valence-corrected chi connectivity index (χ4v) is 1.73.